The zero-order valence-electron chi connectivity index (χ0n) is 14.6. The molecule has 1 heterocycles. The fraction of sp³-hybridized carbons (Fsp3) is 0.353. The summed E-state index contributed by atoms with van der Waals surface area (Å²) in [5, 5.41) is 3.98. The lowest BCUT2D eigenvalue weighted by Gasteiger charge is -2.18. The van der Waals surface area contributed by atoms with Gasteiger partial charge in [-0.25, -0.2) is 4.98 Å². The highest BCUT2D eigenvalue weighted by Crippen LogP contribution is 2.28. The molecular formula is C17H21ClN4O2S. The maximum Gasteiger partial charge on any atom is 0.254 e. The van der Waals surface area contributed by atoms with Crippen LogP contribution in [0.2, 0.25) is 5.02 Å². The number of aromatic amines is 1. The predicted molar refractivity (Wildman–Crippen MR) is 104 cm³/mol. The molecule has 0 aliphatic rings. The van der Waals surface area contributed by atoms with E-state index in [1.165, 1.54) is 11.8 Å². The van der Waals surface area contributed by atoms with Crippen molar-refractivity contribution >= 4 is 40.6 Å². The number of carbonyl (C=O) groups is 1. The van der Waals surface area contributed by atoms with Gasteiger partial charge in [0.2, 0.25) is 5.91 Å². The van der Waals surface area contributed by atoms with Gasteiger partial charge >= 0.3 is 0 Å². The van der Waals surface area contributed by atoms with Crippen LogP contribution in [0.5, 0.6) is 0 Å². The van der Waals surface area contributed by atoms with Crippen molar-refractivity contribution in [2.75, 3.05) is 30.6 Å². The molecule has 0 unspecified atom stereocenters. The van der Waals surface area contributed by atoms with Crippen LogP contribution >= 0.6 is 23.4 Å². The summed E-state index contributed by atoms with van der Waals surface area (Å²) in [6.45, 7) is 1.78. The van der Waals surface area contributed by atoms with Gasteiger partial charge < -0.3 is 15.2 Å². The van der Waals surface area contributed by atoms with Gasteiger partial charge in [0, 0.05) is 36.8 Å². The monoisotopic (exact) mass is 380 g/mol. The summed E-state index contributed by atoms with van der Waals surface area (Å²) in [7, 11) is 3.78. The van der Waals surface area contributed by atoms with Crippen LogP contribution in [0.4, 0.5) is 11.4 Å². The maximum absolute atomic E-state index is 12.3. The lowest BCUT2D eigenvalue weighted by molar-refractivity contribution is -0.116. The number of hydrogen-bond donors (Lipinski definition) is 2. The van der Waals surface area contributed by atoms with E-state index >= 15 is 0 Å². The van der Waals surface area contributed by atoms with E-state index in [4.69, 9.17) is 11.6 Å². The van der Waals surface area contributed by atoms with Crippen molar-refractivity contribution in [1.82, 2.24) is 9.97 Å². The van der Waals surface area contributed by atoms with E-state index in [1.54, 1.807) is 19.1 Å². The number of benzene rings is 1. The number of anilines is 2. The minimum absolute atomic E-state index is 0.182. The molecule has 0 bridgehead atoms. The molecule has 0 saturated heterocycles. The van der Waals surface area contributed by atoms with Gasteiger partial charge in [-0.05, 0) is 37.8 Å². The number of thioether (sulfide) groups is 1. The first-order valence-corrected chi connectivity index (χ1v) is 9.32. The Balaban J connectivity index is 2.10. The molecule has 25 heavy (non-hydrogen) atoms. The van der Waals surface area contributed by atoms with Gasteiger partial charge in [0.25, 0.3) is 5.56 Å². The third-order valence-corrected chi connectivity index (χ3v) is 4.53. The number of carbonyl (C=O) groups excluding carboxylic acids is 1. The predicted octanol–water partition coefficient (Wildman–Crippen LogP) is 3.09. The number of amides is 1. The fourth-order valence-corrected chi connectivity index (χ4v) is 3.02. The Morgan fingerprint density at radius 1 is 1.40 bits per heavy atom. The summed E-state index contributed by atoms with van der Waals surface area (Å²) in [6, 6.07) is 5.33. The highest BCUT2D eigenvalue weighted by molar-refractivity contribution is 7.98. The molecular weight excluding hydrogens is 360 g/mol. The van der Waals surface area contributed by atoms with Crippen LogP contribution in [-0.2, 0) is 11.2 Å². The minimum Gasteiger partial charge on any atom is -0.376 e. The quantitative estimate of drug-likeness (QED) is 0.594. The van der Waals surface area contributed by atoms with E-state index in [9.17, 15) is 9.59 Å². The Labute approximate surface area is 156 Å². The lowest BCUT2D eigenvalue weighted by Crippen LogP contribution is -2.21. The average molecular weight is 381 g/mol. The van der Waals surface area contributed by atoms with Gasteiger partial charge in [-0.2, -0.15) is 0 Å². The summed E-state index contributed by atoms with van der Waals surface area (Å²) in [5.41, 5.74) is 2.49. The first kappa shape index (κ1) is 19.3. The van der Waals surface area contributed by atoms with Crippen LogP contribution in [0.15, 0.2) is 28.2 Å². The van der Waals surface area contributed by atoms with E-state index in [2.05, 4.69) is 15.3 Å². The normalized spacial score (nSPS) is 10.6. The average Bonchev–Trinajstić information content (AvgIpc) is 2.53. The number of aromatic nitrogens is 2. The molecule has 2 rings (SSSR count). The number of hydrogen-bond acceptors (Lipinski definition) is 5. The third-order valence-electron chi connectivity index (χ3n) is 3.71. The summed E-state index contributed by atoms with van der Waals surface area (Å²) in [6.07, 6.45) is 2.36. The van der Waals surface area contributed by atoms with Crippen molar-refractivity contribution < 1.29 is 4.79 Å². The molecule has 0 atom stereocenters. The fourth-order valence-electron chi connectivity index (χ4n) is 2.43. The van der Waals surface area contributed by atoms with Crippen LogP contribution in [-0.4, -0.2) is 36.2 Å². The van der Waals surface area contributed by atoms with E-state index < -0.39 is 0 Å². The molecule has 0 aliphatic heterocycles. The standard InChI is InChI=1S/C17H21ClN4O2S/c1-10-12(16(24)21-17(19-10)25-4)6-8-15(23)20-13-9-11(18)5-7-14(13)22(2)3/h5,7,9H,6,8H2,1-4H3,(H,20,23)(H,19,21,24). The Morgan fingerprint density at radius 3 is 2.72 bits per heavy atom. The maximum atomic E-state index is 12.3. The van der Waals surface area contributed by atoms with Crippen LogP contribution in [0.3, 0.4) is 0 Å². The molecule has 1 aromatic carbocycles. The summed E-state index contributed by atoms with van der Waals surface area (Å²) >= 11 is 7.40. The zero-order chi connectivity index (χ0) is 18.6. The molecule has 6 nitrogen and oxygen atoms in total. The molecule has 134 valence electrons. The Morgan fingerprint density at radius 2 is 2.12 bits per heavy atom. The summed E-state index contributed by atoms with van der Waals surface area (Å²) in [4.78, 5) is 33.3. The Hall–Kier alpha value is -1.99. The molecule has 1 amide bonds. The van der Waals surface area contributed by atoms with E-state index in [0.29, 0.717) is 33.5 Å². The Kier molecular flexibility index (Phi) is 6.50. The zero-order valence-corrected chi connectivity index (χ0v) is 16.2. The summed E-state index contributed by atoms with van der Waals surface area (Å²) < 4.78 is 0. The highest BCUT2D eigenvalue weighted by atomic mass is 35.5. The van der Waals surface area contributed by atoms with Gasteiger partial charge in [-0.1, -0.05) is 23.4 Å². The van der Waals surface area contributed by atoms with Crippen molar-refractivity contribution in [3.05, 3.63) is 44.8 Å². The molecule has 0 radical (unpaired) electrons. The van der Waals surface area contributed by atoms with Crippen molar-refractivity contribution in [1.29, 1.82) is 0 Å². The molecule has 2 aromatic rings. The van der Waals surface area contributed by atoms with E-state index in [-0.39, 0.29) is 17.9 Å². The SMILES string of the molecule is CSc1nc(C)c(CCC(=O)Nc2cc(Cl)ccc2N(C)C)c(=O)[nH]1. The molecule has 0 saturated carbocycles. The van der Waals surface area contributed by atoms with Crippen LogP contribution in [0.1, 0.15) is 17.7 Å². The summed E-state index contributed by atoms with van der Waals surface area (Å²) in [5.74, 6) is -0.182. The number of H-pyrrole nitrogens is 1. The Bertz CT molecular complexity index is 836. The topological polar surface area (TPSA) is 78.1 Å². The molecule has 8 heteroatoms. The molecule has 0 spiro atoms. The lowest BCUT2D eigenvalue weighted by atomic mass is 10.1. The van der Waals surface area contributed by atoms with Gasteiger partial charge in [0.1, 0.15) is 0 Å². The van der Waals surface area contributed by atoms with Crippen molar-refractivity contribution in [2.45, 2.75) is 24.9 Å². The number of aryl methyl sites for hydroxylation is 1. The second kappa shape index (κ2) is 8.40. The van der Waals surface area contributed by atoms with Gasteiger partial charge in [0.05, 0.1) is 11.4 Å². The van der Waals surface area contributed by atoms with E-state index in [0.717, 1.165) is 5.69 Å². The van der Waals surface area contributed by atoms with Crippen LogP contribution in [0, 0.1) is 6.92 Å². The smallest absolute Gasteiger partial charge is 0.254 e. The number of nitrogens with one attached hydrogen (secondary N) is 2. The number of halogens is 1. The van der Waals surface area contributed by atoms with Crippen molar-refractivity contribution in [3.8, 4) is 0 Å². The van der Waals surface area contributed by atoms with Crippen molar-refractivity contribution in [3.63, 3.8) is 0 Å². The van der Waals surface area contributed by atoms with Gasteiger partial charge in [-0.3, -0.25) is 9.59 Å². The molecule has 0 aliphatic carbocycles. The first-order chi connectivity index (χ1) is 11.8. The van der Waals surface area contributed by atoms with Gasteiger partial charge in [0.15, 0.2) is 5.16 Å². The molecule has 1 aromatic heterocycles. The first-order valence-electron chi connectivity index (χ1n) is 7.72. The number of nitrogens with zero attached hydrogens (tertiary/aromatic N) is 2. The minimum atomic E-state index is -0.193. The second-order valence-electron chi connectivity index (χ2n) is 5.74. The van der Waals surface area contributed by atoms with Gasteiger partial charge in [-0.15, -0.1) is 0 Å². The highest BCUT2D eigenvalue weighted by Gasteiger charge is 2.13. The molecule has 2 N–H and O–H groups in total. The second-order valence-corrected chi connectivity index (χ2v) is 6.97. The van der Waals surface area contributed by atoms with Crippen LogP contribution < -0.4 is 15.8 Å². The van der Waals surface area contributed by atoms with Crippen molar-refractivity contribution in [2.24, 2.45) is 0 Å². The molecule has 0 fully saturated rings. The number of rotatable bonds is 6. The largest absolute Gasteiger partial charge is 0.376 e. The third kappa shape index (κ3) is 4.99. The van der Waals surface area contributed by atoms with E-state index in [1.807, 2.05) is 31.3 Å². The van der Waals surface area contributed by atoms with Crippen LogP contribution in [0.25, 0.3) is 0 Å².